The molecule has 5 heteroatoms. The first-order chi connectivity index (χ1) is 50.4. The van der Waals surface area contributed by atoms with E-state index >= 15 is 0 Å². The Kier molecular flexibility index (Phi) is 14.5. The van der Waals surface area contributed by atoms with Crippen LogP contribution >= 0.6 is 0 Å². The predicted octanol–water partition coefficient (Wildman–Crippen LogP) is 24.6. The van der Waals surface area contributed by atoms with E-state index in [-0.39, 0.29) is 17.5 Å². The van der Waals surface area contributed by atoms with Crippen molar-refractivity contribution in [1.82, 2.24) is 9.13 Å². The summed E-state index contributed by atoms with van der Waals surface area (Å²) < 4.78 is 5.00. The average Bonchev–Trinajstić information content (AvgIpc) is 1.05. The lowest BCUT2D eigenvalue weighted by Gasteiger charge is -2.46. The van der Waals surface area contributed by atoms with Gasteiger partial charge in [0.1, 0.15) is 0 Å². The molecule has 103 heavy (non-hydrogen) atoms. The van der Waals surface area contributed by atoms with E-state index in [1.165, 1.54) is 71.2 Å². The van der Waals surface area contributed by atoms with Crippen LogP contribution in [0.25, 0.3) is 122 Å². The van der Waals surface area contributed by atoms with Gasteiger partial charge < -0.3 is 18.9 Å². The van der Waals surface area contributed by atoms with Gasteiger partial charge in [0.15, 0.2) is 0 Å². The van der Waals surface area contributed by atoms with Gasteiger partial charge in [-0.2, -0.15) is 0 Å². The summed E-state index contributed by atoms with van der Waals surface area (Å²) in [6, 6.07) is 130. The first-order valence-corrected chi connectivity index (χ1v) is 36.2. The van der Waals surface area contributed by atoms with Crippen LogP contribution in [0.3, 0.4) is 0 Å². The van der Waals surface area contributed by atoms with Gasteiger partial charge >= 0.3 is 0 Å². The van der Waals surface area contributed by atoms with Crippen LogP contribution in [0.5, 0.6) is 0 Å². The van der Waals surface area contributed by atoms with Gasteiger partial charge in [-0.1, -0.05) is 302 Å². The van der Waals surface area contributed by atoms with Gasteiger partial charge in [0.2, 0.25) is 0 Å². The maximum absolute atomic E-state index is 2.75. The molecule has 0 saturated heterocycles. The van der Waals surface area contributed by atoms with Crippen molar-refractivity contribution >= 4 is 101 Å². The monoisotopic (exact) mass is 1320 g/mol. The Morgan fingerprint density at radius 2 is 0.544 bits per heavy atom. The summed E-state index contributed by atoms with van der Waals surface area (Å²) in [6.07, 6.45) is 0. The Hall–Kier alpha value is -12.4. The Morgan fingerprint density at radius 3 is 0.922 bits per heavy atom. The lowest BCUT2D eigenvalue weighted by Crippen LogP contribution is -2.61. The first-order valence-electron chi connectivity index (χ1n) is 36.2. The molecule has 0 bridgehead atoms. The average molecular weight is 1320 g/mol. The van der Waals surface area contributed by atoms with Crippen LogP contribution in [0.1, 0.15) is 52.7 Å². The zero-order chi connectivity index (χ0) is 69.2. The van der Waals surface area contributed by atoms with Gasteiger partial charge in [-0.05, 0) is 168 Å². The lowest BCUT2D eigenvalue weighted by atomic mass is 9.33. The van der Waals surface area contributed by atoms with Crippen molar-refractivity contribution in [2.45, 2.75) is 52.4 Å². The Morgan fingerprint density at radius 1 is 0.233 bits per heavy atom. The van der Waals surface area contributed by atoms with Crippen LogP contribution in [-0.2, 0) is 10.8 Å². The summed E-state index contributed by atoms with van der Waals surface area (Å²) in [4.78, 5) is 5.45. The van der Waals surface area contributed by atoms with E-state index in [1.807, 2.05) is 0 Å². The third-order valence-corrected chi connectivity index (χ3v) is 21.8. The van der Waals surface area contributed by atoms with Gasteiger partial charge in [0.25, 0.3) is 6.71 Å². The molecule has 0 atom stereocenters. The maximum Gasteiger partial charge on any atom is 0.252 e. The highest BCUT2D eigenvalue weighted by Gasteiger charge is 2.46. The van der Waals surface area contributed by atoms with E-state index in [0.717, 1.165) is 112 Å². The highest BCUT2D eigenvalue weighted by Crippen LogP contribution is 2.55. The van der Waals surface area contributed by atoms with Gasteiger partial charge in [-0.15, -0.1) is 0 Å². The van der Waals surface area contributed by atoms with Gasteiger partial charge in [-0.3, -0.25) is 0 Å². The second-order valence-electron chi connectivity index (χ2n) is 30.0. The molecule has 4 nitrogen and oxygen atoms in total. The smallest absolute Gasteiger partial charge is 0.252 e. The number of hydrogen-bond donors (Lipinski definition) is 0. The number of nitrogens with zero attached hydrogens (tertiary/aromatic N) is 4. The molecule has 0 saturated carbocycles. The molecule has 17 aromatic rings. The van der Waals surface area contributed by atoms with E-state index in [2.05, 4.69) is 406 Å². The molecule has 19 rings (SSSR count). The maximum atomic E-state index is 2.75. The van der Waals surface area contributed by atoms with Crippen molar-refractivity contribution in [3.8, 4) is 78.1 Å². The van der Waals surface area contributed by atoms with Gasteiger partial charge in [0, 0.05) is 77.9 Å². The molecular weight excluding hydrogens is 1240 g/mol. The minimum atomic E-state index is -0.342. The third kappa shape index (κ3) is 10.2. The van der Waals surface area contributed by atoms with E-state index < -0.39 is 0 Å². The van der Waals surface area contributed by atoms with Crippen LogP contribution in [-0.4, -0.2) is 15.8 Å². The molecule has 0 unspecified atom stereocenters. The van der Waals surface area contributed by atoms with E-state index in [1.54, 1.807) is 0 Å². The molecule has 0 amide bonds. The minimum absolute atomic E-state index is 0.247. The minimum Gasteiger partial charge on any atom is -0.310 e. The van der Waals surface area contributed by atoms with Gasteiger partial charge in [-0.25, -0.2) is 0 Å². The van der Waals surface area contributed by atoms with E-state index in [9.17, 15) is 0 Å². The summed E-state index contributed by atoms with van der Waals surface area (Å²) in [7, 11) is 0. The van der Waals surface area contributed by atoms with Crippen LogP contribution in [0, 0.1) is 0 Å². The highest BCUT2D eigenvalue weighted by atomic mass is 15.2. The summed E-state index contributed by atoms with van der Waals surface area (Å²) in [6.45, 7) is 14.1. The predicted molar refractivity (Wildman–Crippen MR) is 439 cm³/mol. The number of rotatable bonds is 10. The Balaban J connectivity index is 0.997. The second kappa shape index (κ2) is 24.1. The number of para-hydroxylation sites is 5. The fourth-order valence-corrected chi connectivity index (χ4v) is 16.8. The fraction of sp³-hybridized carbons (Fsp3) is 0.0816. The quantitative estimate of drug-likeness (QED) is 0.127. The Labute approximate surface area is 603 Å². The number of aromatic nitrogens is 2. The summed E-state index contributed by atoms with van der Waals surface area (Å²) in [5, 5.41) is 4.91. The molecule has 490 valence electrons. The molecule has 0 spiro atoms. The second-order valence-corrected chi connectivity index (χ2v) is 30.0. The van der Waals surface area contributed by atoms with Crippen LogP contribution in [0.15, 0.2) is 346 Å². The lowest BCUT2D eigenvalue weighted by molar-refractivity contribution is 0.590. The summed E-state index contributed by atoms with van der Waals surface area (Å²) in [5.74, 6) is 0. The number of benzene rings is 15. The van der Waals surface area contributed by atoms with Crippen molar-refractivity contribution in [2.75, 3.05) is 9.80 Å². The van der Waals surface area contributed by atoms with Crippen LogP contribution in [0.4, 0.5) is 34.1 Å². The normalized spacial score (nSPS) is 12.7. The first kappa shape index (κ1) is 61.6. The SMILES string of the molecule is CC(C)(C)c1cc(-c2cccc(-c3ccccc3)c2)c(N2c3cc(-n4c5ccccc5c5ccccc54)ccc3B3c4ccc(-n5c6ccccc6c6ccccc65)cc4N(c4c(-c5ccccc5)cccc4-c4ccccc4)c4cc(C(C)(C)C)cc2c43)c(-c2cccc(-c3ccccc3)c2)c1. The van der Waals surface area contributed by atoms with Crippen molar-refractivity contribution < 1.29 is 0 Å². The molecule has 15 aromatic carbocycles. The van der Waals surface area contributed by atoms with Gasteiger partial charge in [0.05, 0.1) is 33.4 Å². The standard InChI is InChI=1S/C98H75BN4/c1-97(2,3)72-58-82(70-40-27-38-68(56-70)64-30-11-7-12-31-64)96(83(59-72)71-41-28-39-69(57-71)65-32-13-8-14-33-65)103-91-63-75(101-88-50-25-21-44-80(88)81-45-22-26-51-89(81)101)53-55-85(91)99-84-54-52-74(100-86-48-23-19-42-78(86)79-43-20-24-49-87(79)100)62-90(84)102(92-60-73(98(4,5)6)61-93(103)94(92)99)95-76(66-34-15-9-16-35-66)46-29-47-77(95)67-36-17-10-18-37-67/h7-63H,1-6H3. The van der Waals surface area contributed by atoms with Crippen LogP contribution < -0.4 is 26.2 Å². The summed E-state index contributed by atoms with van der Waals surface area (Å²) >= 11 is 0. The molecule has 4 heterocycles. The third-order valence-electron chi connectivity index (χ3n) is 21.8. The molecule has 0 radical (unpaired) electrons. The molecule has 0 fully saturated rings. The number of hydrogen-bond acceptors (Lipinski definition) is 2. The number of fused-ring (bicyclic) bond motifs is 10. The van der Waals surface area contributed by atoms with E-state index in [0.29, 0.717) is 0 Å². The number of anilines is 6. The topological polar surface area (TPSA) is 16.3 Å². The summed E-state index contributed by atoms with van der Waals surface area (Å²) in [5.41, 5.74) is 33.0. The molecule has 0 aliphatic carbocycles. The molecule has 0 N–H and O–H groups in total. The molecular formula is C98H75BN4. The molecule has 2 aromatic heterocycles. The largest absolute Gasteiger partial charge is 0.310 e. The molecule has 2 aliphatic heterocycles. The molecule has 2 aliphatic rings. The van der Waals surface area contributed by atoms with Crippen molar-refractivity contribution in [2.24, 2.45) is 0 Å². The van der Waals surface area contributed by atoms with E-state index in [4.69, 9.17) is 0 Å². The van der Waals surface area contributed by atoms with Crippen LogP contribution in [0.2, 0.25) is 0 Å². The zero-order valence-electron chi connectivity index (χ0n) is 58.8. The van der Waals surface area contributed by atoms with Crippen molar-refractivity contribution in [3.05, 3.63) is 357 Å². The highest BCUT2D eigenvalue weighted by molar-refractivity contribution is 7.00. The Bertz CT molecular complexity index is 5940. The fourth-order valence-electron chi connectivity index (χ4n) is 16.8. The zero-order valence-corrected chi connectivity index (χ0v) is 58.8. The van der Waals surface area contributed by atoms with Crippen molar-refractivity contribution in [3.63, 3.8) is 0 Å². The van der Waals surface area contributed by atoms with Crippen molar-refractivity contribution in [1.29, 1.82) is 0 Å².